The summed E-state index contributed by atoms with van der Waals surface area (Å²) < 4.78 is 5.56. The van der Waals surface area contributed by atoms with Crippen LogP contribution in [0.2, 0.25) is 0 Å². The van der Waals surface area contributed by atoms with Crippen molar-refractivity contribution in [1.29, 1.82) is 0 Å². The van der Waals surface area contributed by atoms with Crippen molar-refractivity contribution in [3.8, 4) is 0 Å². The Labute approximate surface area is 98.7 Å². The van der Waals surface area contributed by atoms with E-state index in [0.717, 1.165) is 10.6 Å². The van der Waals surface area contributed by atoms with E-state index in [1.165, 1.54) is 6.08 Å². The zero-order valence-corrected chi connectivity index (χ0v) is 9.20. The van der Waals surface area contributed by atoms with Crippen molar-refractivity contribution >= 4 is 12.0 Å². The number of rotatable bonds is 4. The number of carbonyl (C=O) groups is 1. The van der Waals surface area contributed by atoms with Crippen LogP contribution >= 0.6 is 0 Å². The van der Waals surface area contributed by atoms with Crippen LogP contribution in [0.1, 0.15) is 18.4 Å². The van der Waals surface area contributed by atoms with E-state index in [9.17, 15) is 9.59 Å². The predicted octanol–water partition coefficient (Wildman–Crippen LogP) is 1.40. The average Bonchev–Trinajstić information content (AvgIpc) is 2.70. The Morgan fingerprint density at radius 1 is 1.41 bits per heavy atom. The molecule has 1 amide bonds. The number of carbonyl (C=O) groups excluding carboxylic acids is 2. The van der Waals surface area contributed by atoms with Gasteiger partial charge in [-0.1, -0.05) is 35.4 Å². The van der Waals surface area contributed by atoms with Crippen molar-refractivity contribution in [2.24, 2.45) is 5.10 Å². The first-order valence-electron chi connectivity index (χ1n) is 5.36. The second-order valence-electron chi connectivity index (χ2n) is 3.72. The van der Waals surface area contributed by atoms with E-state index in [2.05, 4.69) is 5.10 Å². The first-order valence-corrected chi connectivity index (χ1v) is 5.36. The van der Waals surface area contributed by atoms with E-state index in [1.807, 2.05) is 30.3 Å². The minimum Gasteiger partial charge on any atom is -0.352 e. The van der Waals surface area contributed by atoms with Crippen molar-refractivity contribution in [2.75, 3.05) is 0 Å². The second-order valence-corrected chi connectivity index (χ2v) is 3.72. The number of amides is 1. The van der Waals surface area contributed by atoms with E-state index in [-0.39, 0.29) is 5.91 Å². The lowest BCUT2D eigenvalue weighted by molar-refractivity contribution is -0.137. The van der Waals surface area contributed by atoms with Gasteiger partial charge in [0.05, 0.1) is 6.61 Å². The van der Waals surface area contributed by atoms with E-state index in [4.69, 9.17) is 4.74 Å². The molecular formula is C12H12N2O3. The van der Waals surface area contributed by atoms with Gasteiger partial charge in [-0.15, -0.1) is 0 Å². The summed E-state index contributed by atoms with van der Waals surface area (Å²) in [5, 5.41) is 4.42. The number of benzene rings is 1. The summed E-state index contributed by atoms with van der Waals surface area (Å²) >= 11 is 0. The maximum Gasteiger partial charge on any atom is 0.258 e. The molecule has 0 aliphatic carbocycles. The zero-order chi connectivity index (χ0) is 12.1. The lowest BCUT2D eigenvalue weighted by Crippen LogP contribution is -2.29. The molecule has 1 aliphatic rings. The molecule has 2 rings (SSSR count). The van der Waals surface area contributed by atoms with Crippen LogP contribution in [0, 0.1) is 0 Å². The van der Waals surface area contributed by atoms with Gasteiger partial charge in [0.25, 0.3) is 6.08 Å². The highest BCUT2D eigenvalue weighted by Crippen LogP contribution is 2.20. The third-order valence-corrected chi connectivity index (χ3v) is 2.57. The Morgan fingerprint density at radius 3 is 2.88 bits per heavy atom. The van der Waals surface area contributed by atoms with E-state index in [0.29, 0.717) is 19.4 Å². The number of hydrogen-bond acceptors (Lipinski definition) is 4. The Bertz CT molecular complexity index is 440. The zero-order valence-electron chi connectivity index (χ0n) is 9.20. The van der Waals surface area contributed by atoms with Crippen LogP contribution in [0.15, 0.2) is 35.4 Å². The molecule has 0 radical (unpaired) electrons. The lowest BCUT2D eigenvalue weighted by Gasteiger charge is -2.18. The topological polar surface area (TPSA) is 59.0 Å². The maximum absolute atomic E-state index is 11.4. The van der Waals surface area contributed by atoms with Gasteiger partial charge in [0, 0.05) is 12.8 Å². The molecule has 1 fully saturated rings. The third-order valence-electron chi connectivity index (χ3n) is 2.57. The summed E-state index contributed by atoms with van der Waals surface area (Å²) in [6.45, 7) is 0.393. The number of isocyanates is 1. The van der Waals surface area contributed by atoms with Crippen LogP contribution in [0.3, 0.4) is 0 Å². The largest absolute Gasteiger partial charge is 0.352 e. The summed E-state index contributed by atoms with van der Waals surface area (Å²) in [5.41, 5.74) is 1.02. The SMILES string of the molecule is O=C=NN1C(=O)CC[C@H]1OCc1ccccc1. The molecule has 1 heterocycles. The molecule has 0 bridgehead atoms. The lowest BCUT2D eigenvalue weighted by atomic mass is 10.2. The number of hydrazone groups is 1. The summed E-state index contributed by atoms with van der Waals surface area (Å²) in [6.07, 6.45) is 1.82. The summed E-state index contributed by atoms with van der Waals surface area (Å²) in [4.78, 5) is 21.5. The smallest absolute Gasteiger partial charge is 0.258 e. The van der Waals surface area contributed by atoms with Crippen LogP contribution in [0.5, 0.6) is 0 Å². The van der Waals surface area contributed by atoms with Gasteiger partial charge in [-0.3, -0.25) is 4.79 Å². The van der Waals surface area contributed by atoms with Gasteiger partial charge < -0.3 is 4.74 Å². The second kappa shape index (κ2) is 5.39. The first kappa shape index (κ1) is 11.5. The number of hydrogen-bond donors (Lipinski definition) is 0. The molecule has 17 heavy (non-hydrogen) atoms. The molecule has 1 atom stereocenters. The van der Waals surface area contributed by atoms with Gasteiger partial charge in [0.1, 0.15) is 0 Å². The first-order chi connectivity index (χ1) is 8.31. The molecule has 5 nitrogen and oxygen atoms in total. The fourth-order valence-corrected chi connectivity index (χ4v) is 1.73. The molecule has 1 saturated heterocycles. The molecule has 88 valence electrons. The minimum atomic E-state index is -0.454. The molecule has 1 aromatic carbocycles. The van der Waals surface area contributed by atoms with Crippen molar-refractivity contribution < 1.29 is 14.3 Å². The van der Waals surface area contributed by atoms with Crippen LogP contribution < -0.4 is 0 Å². The maximum atomic E-state index is 11.4. The van der Waals surface area contributed by atoms with E-state index in [1.54, 1.807) is 0 Å². The van der Waals surface area contributed by atoms with Crippen LogP contribution in [0.25, 0.3) is 0 Å². The molecule has 5 heteroatoms. The number of ether oxygens (including phenoxy) is 1. The van der Waals surface area contributed by atoms with Gasteiger partial charge in [-0.25, -0.2) is 4.79 Å². The highest BCUT2D eigenvalue weighted by atomic mass is 16.5. The Balaban J connectivity index is 1.95. The van der Waals surface area contributed by atoms with Gasteiger partial charge in [-0.2, -0.15) is 5.01 Å². The van der Waals surface area contributed by atoms with Crippen LogP contribution in [0.4, 0.5) is 0 Å². The normalized spacial score (nSPS) is 19.2. The van der Waals surface area contributed by atoms with E-state index < -0.39 is 6.23 Å². The van der Waals surface area contributed by atoms with Crippen molar-refractivity contribution in [2.45, 2.75) is 25.7 Å². The molecule has 0 spiro atoms. The monoisotopic (exact) mass is 232 g/mol. The van der Waals surface area contributed by atoms with Crippen molar-refractivity contribution in [3.05, 3.63) is 35.9 Å². The van der Waals surface area contributed by atoms with Crippen molar-refractivity contribution in [1.82, 2.24) is 5.01 Å². The minimum absolute atomic E-state index is 0.202. The Morgan fingerprint density at radius 2 is 2.18 bits per heavy atom. The molecule has 1 aromatic rings. The van der Waals surface area contributed by atoms with Gasteiger partial charge >= 0.3 is 0 Å². The van der Waals surface area contributed by atoms with E-state index >= 15 is 0 Å². The summed E-state index contributed by atoms with van der Waals surface area (Å²) in [5.74, 6) is -0.202. The quantitative estimate of drug-likeness (QED) is 0.582. The molecule has 0 unspecified atom stereocenters. The molecule has 0 aromatic heterocycles. The Hall–Kier alpha value is -1.97. The fourth-order valence-electron chi connectivity index (χ4n) is 1.73. The van der Waals surface area contributed by atoms with Crippen LogP contribution in [-0.2, 0) is 20.9 Å². The molecule has 0 saturated carbocycles. The van der Waals surface area contributed by atoms with Crippen LogP contribution in [-0.4, -0.2) is 23.2 Å². The van der Waals surface area contributed by atoms with Gasteiger partial charge in [0.2, 0.25) is 5.91 Å². The fraction of sp³-hybridized carbons (Fsp3) is 0.333. The highest BCUT2D eigenvalue weighted by molar-refractivity contribution is 5.78. The Kier molecular flexibility index (Phi) is 3.65. The molecule has 0 N–H and O–H groups in total. The third kappa shape index (κ3) is 2.78. The number of nitrogens with zero attached hydrogens (tertiary/aromatic N) is 2. The average molecular weight is 232 g/mol. The molecule has 1 aliphatic heterocycles. The predicted molar refractivity (Wildman–Crippen MR) is 59.2 cm³/mol. The van der Waals surface area contributed by atoms with Gasteiger partial charge in [0.15, 0.2) is 6.23 Å². The summed E-state index contributed by atoms with van der Waals surface area (Å²) in [6, 6.07) is 9.62. The highest BCUT2D eigenvalue weighted by Gasteiger charge is 2.31. The summed E-state index contributed by atoms with van der Waals surface area (Å²) in [7, 11) is 0. The van der Waals surface area contributed by atoms with Gasteiger partial charge in [-0.05, 0) is 5.56 Å². The van der Waals surface area contributed by atoms with Crippen molar-refractivity contribution in [3.63, 3.8) is 0 Å². The molecular weight excluding hydrogens is 220 g/mol. The standard InChI is InChI=1S/C12H12N2O3/c15-9-13-14-11(16)6-7-12(14)17-8-10-4-2-1-3-5-10/h1-5,12H,6-8H2/t12-/m1/s1.